The summed E-state index contributed by atoms with van der Waals surface area (Å²) in [6, 6.07) is 10.4. The first-order valence-corrected chi connectivity index (χ1v) is 6.39. The highest BCUT2D eigenvalue weighted by Crippen LogP contribution is 2.35. The largest absolute Gasteiger partial charge is 0.455 e. The smallest absolute Gasteiger partial charge is 0.224 e. The van der Waals surface area contributed by atoms with Crippen molar-refractivity contribution in [2.75, 3.05) is 19.8 Å². The molecule has 2 N–H and O–H groups in total. The van der Waals surface area contributed by atoms with Crippen molar-refractivity contribution in [2.24, 2.45) is 0 Å². The van der Waals surface area contributed by atoms with Crippen LogP contribution in [-0.2, 0) is 6.54 Å². The summed E-state index contributed by atoms with van der Waals surface area (Å²) in [5.41, 5.74) is 6.41. The minimum atomic E-state index is -0.743. The Hall–Kier alpha value is -2.58. The summed E-state index contributed by atoms with van der Waals surface area (Å²) in [4.78, 5) is 5.08. The van der Waals surface area contributed by atoms with Crippen LogP contribution < -0.4 is 10.5 Å². The first kappa shape index (κ1) is 14.8. The molecule has 0 spiro atoms. The second-order valence-electron chi connectivity index (χ2n) is 4.87. The van der Waals surface area contributed by atoms with Crippen LogP contribution in [0.15, 0.2) is 36.4 Å². The monoisotopic (exact) mass is 285 g/mol. The van der Waals surface area contributed by atoms with E-state index < -0.39 is 5.82 Å². The average Bonchev–Trinajstić information content (AvgIpc) is 2.45. The molecule has 0 fully saturated rings. The maximum Gasteiger partial charge on any atom is 0.224 e. The number of para-hydroxylation sites is 1. The Bertz CT molecular complexity index is 692. The van der Waals surface area contributed by atoms with Crippen molar-refractivity contribution in [3.8, 4) is 11.5 Å². The molecule has 0 unspecified atom stereocenters. The first-order chi connectivity index (χ1) is 10.0. The quantitative estimate of drug-likeness (QED) is 0.686. The third-order valence-electron chi connectivity index (χ3n) is 2.92. The lowest BCUT2D eigenvalue weighted by molar-refractivity contribution is 0.388. The third-order valence-corrected chi connectivity index (χ3v) is 2.92. The molecule has 0 atom stereocenters. The lowest BCUT2D eigenvalue weighted by Crippen LogP contribution is -2.11. The second-order valence-corrected chi connectivity index (χ2v) is 4.87. The predicted octanol–water partition coefficient (Wildman–Crippen LogP) is 3.81. The highest BCUT2D eigenvalue weighted by atomic mass is 19.1. The maximum atomic E-state index is 13.8. The summed E-state index contributed by atoms with van der Waals surface area (Å²) in [5.74, 6) is 0.0894. The summed E-state index contributed by atoms with van der Waals surface area (Å²) in [6.07, 6.45) is 0. The number of ether oxygens (including phenoxy) is 1. The van der Waals surface area contributed by atoms with E-state index in [4.69, 9.17) is 17.0 Å². The zero-order chi connectivity index (χ0) is 15.4. The SMILES string of the molecule is [C-]#[N+]c1ccc(Oc2ccccc2CN(C)C)c(N)c1F. The highest BCUT2D eigenvalue weighted by molar-refractivity contribution is 5.65. The molecule has 0 amide bonds. The topological polar surface area (TPSA) is 42.8 Å². The first-order valence-electron chi connectivity index (χ1n) is 6.39. The Balaban J connectivity index is 2.35. The maximum absolute atomic E-state index is 13.8. The van der Waals surface area contributed by atoms with Gasteiger partial charge in [-0.05, 0) is 32.3 Å². The molecule has 0 radical (unpaired) electrons. The standard InChI is InChI=1S/C16H16FN3O/c1-19-12-8-9-14(16(18)15(12)17)21-13-7-5-4-6-11(13)10-20(2)3/h4-9H,10,18H2,2-3H3. The molecule has 21 heavy (non-hydrogen) atoms. The summed E-state index contributed by atoms with van der Waals surface area (Å²) < 4.78 is 19.6. The number of hydrogen-bond donors (Lipinski definition) is 1. The number of nitrogen functional groups attached to an aromatic ring is 1. The molecule has 2 rings (SSSR count). The molecule has 0 aliphatic rings. The van der Waals surface area contributed by atoms with E-state index in [1.165, 1.54) is 12.1 Å². The lowest BCUT2D eigenvalue weighted by atomic mass is 10.2. The fourth-order valence-electron chi connectivity index (χ4n) is 1.93. The molecule has 0 aliphatic heterocycles. The van der Waals surface area contributed by atoms with E-state index in [1.54, 1.807) is 6.07 Å². The molecule has 108 valence electrons. The molecule has 4 nitrogen and oxygen atoms in total. The number of benzene rings is 2. The van der Waals surface area contributed by atoms with Gasteiger partial charge in [0.05, 0.1) is 6.57 Å². The highest BCUT2D eigenvalue weighted by Gasteiger charge is 2.13. The molecule has 2 aromatic rings. The van der Waals surface area contributed by atoms with Crippen molar-refractivity contribution < 1.29 is 9.13 Å². The number of hydrogen-bond acceptors (Lipinski definition) is 3. The van der Waals surface area contributed by atoms with Crippen LogP contribution in [0.3, 0.4) is 0 Å². The molecular weight excluding hydrogens is 269 g/mol. The van der Waals surface area contributed by atoms with Crippen LogP contribution in [0, 0.1) is 12.4 Å². The Morgan fingerprint density at radius 3 is 2.57 bits per heavy atom. The van der Waals surface area contributed by atoms with Gasteiger partial charge in [0.1, 0.15) is 11.4 Å². The van der Waals surface area contributed by atoms with Gasteiger partial charge < -0.3 is 15.4 Å². The van der Waals surface area contributed by atoms with E-state index in [0.29, 0.717) is 12.3 Å². The van der Waals surface area contributed by atoms with E-state index in [-0.39, 0.29) is 17.1 Å². The van der Waals surface area contributed by atoms with Gasteiger partial charge in [-0.2, -0.15) is 0 Å². The van der Waals surface area contributed by atoms with E-state index in [9.17, 15) is 4.39 Å². The normalized spacial score (nSPS) is 10.4. The van der Waals surface area contributed by atoms with Crippen molar-refractivity contribution in [1.82, 2.24) is 4.90 Å². The van der Waals surface area contributed by atoms with Crippen LogP contribution >= 0.6 is 0 Å². The van der Waals surface area contributed by atoms with Gasteiger partial charge in [-0.25, -0.2) is 9.24 Å². The van der Waals surface area contributed by atoms with Crippen LogP contribution in [0.1, 0.15) is 5.56 Å². The fraction of sp³-hybridized carbons (Fsp3) is 0.188. The number of halogens is 1. The van der Waals surface area contributed by atoms with Gasteiger partial charge in [0.15, 0.2) is 11.6 Å². The van der Waals surface area contributed by atoms with E-state index in [1.807, 2.05) is 37.2 Å². The van der Waals surface area contributed by atoms with Crippen molar-refractivity contribution in [3.05, 3.63) is 59.2 Å². The predicted molar refractivity (Wildman–Crippen MR) is 81.0 cm³/mol. The van der Waals surface area contributed by atoms with Crippen LogP contribution in [0.2, 0.25) is 0 Å². The molecular formula is C16H16FN3O. The number of rotatable bonds is 4. The second kappa shape index (κ2) is 6.25. The molecule has 5 heteroatoms. The van der Waals surface area contributed by atoms with Crippen LogP contribution in [-0.4, -0.2) is 19.0 Å². The van der Waals surface area contributed by atoms with Gasteiger partial charge in [-0.3, -0.25) is 0 Å². The summed E-state index contributed by atoms with van der Waals surface area (Å²) in [7, 11) is 3.91. The lowest BCUT2D eigenvalue weighted by Gasteiger charge is -2.16. The third kappa shape index (κ3) is 3.30. The van der Waals surface area contributed by atoms with Gasteiger partial charge in [0.25, 0.3) is 0 Å². The molecule has 0 aliphatic carbocycles. The summed E-state index contributed by atoms with van der Waals surface area (Å²) in [5, 5.41) is 0. The minimum Gasteiger partial charge on any atom is -0.455 e. The zero-order valence-corrected chi connectivity index (χ0v) is 11.9. The molecule has 2 aromatic carbocycles. The van der Waals surface area contributed by atoms with Gasteiger partial charge in [-0.15, -0.1) is 0 Å². The number of nitrogens with two attached hydrogens (primary N) is 1. The molecule has 0 saturated heterocycles. The Morgan fingerprint density at radius 1 is 1.19 bits per heavy atom. The van der Waals surface area contributed by atoms with Crippen LogP contribution in [0.4, 0.5) is 15.8 Å². The van der Waals surface area contributed by atoms with Crippen LogP contribution in [0.25, 0.3) is 4.85 Å². The van der Waals surface area contributed by atoms with Gasteiger partial charge in [-0.1, -0.05) is 18.2 Å². The zero-order valence-electron chi connectivity index (χ0n) is 11.9. The van der Waals surface area contributed by atoms with Gasteiger partial charge >= 0.3 is 0 Å². The number of anilines is 1. The van der Waals surface area contributed by atoms with Crippen molar-refractivity contribution >= 4 is 11.4 Å². The summed E-state index contributed by atoms with van der Waals surface area (Å²) in [6.45, 7) is 7.56. The van der Waals surface area contributed by atoms with Gasteiger partial charge in [0.2, 0.25) is 5.69 Å². The molecule has 0 aromatic heterocycles. The molecule has 0 saturated carbocycles. The molecule has 0 bridgehead atoms. The minimum absolute atomic E-state index is 0.110. The van der Waals surface area contributed by atoms with Gasteiger partial charge in [0, 0.05) is 12.1 Å². The fourth-order valence-corrected chi connectivity index (χ4v) is 1.93. The molecule has 0 heterocycles. The Morgan fingerprint density at radius 2 is 1.90 bits per heavy atom. The van der Waals surface area contributed by atoms with E-state index >= 15 is 0 Å². The van der Waals surface area contributed by atoms with Crippen molar-refractivity contribution in [3.63, 3.8) is 0 Å². The Kier molecular flexibility index (Phi) is 4.41. The van der Waals surface area contributed by atoms with E-state index in [2.05, 4.69) is 4.85 Å². The van der Waals surface area contributed by atoms with E-state index in [0.717, 1.165) is 5.56 Å². The number of nitrogens with zero attached hydrogens (tertiary/aromatic N) is 2. The van der Waals surface area contributed by atoms with Crippen LogP contribution in [0.5, 0.6) is 11.5 Å². The summed E-state index contributed by atoms with van der Waals surface area (Å²) >= 11 is 0. The van der Waals surface area contributed by atoms with Crippen molar-refractivity contribution in [1.29, 1.82) is 0 Å². The van der Waals surface area contributed by atoms with Crippen molar-refractivity contribution in [2.45, 2.75) is 6.54 Å². The average molecular weight is 285 g/mol. The Labute approximate surface area is 123 Å².